The van der Waals surface area contributed by atoms with Crippen molar-refractivity contribution in [2.75, 3.05) is 31.5 Å². The van der Waals surface area contributed by atoms with Crippen molar-refractivity contribution in [3.05, 3.63) is 47.5 Å². The van der Waals surface area contributed by atoms with Crippen molar-refractivity contribution in [1.29, 1.82) is 0 Å². The van der Waals surface area contributed by atoms with E-state index in [2.05, 4.69) is 5.32 Å². The lowest BCUT2D eigenvalue weighted by molar-refractivity contribution is -0.120. The van der Waals surface area contributed by atoms with E-state index in [0.29, 0.717) is 39.8 Å². The van der Waals surface area contributed by atoms with E-state index in [1.165, 1.54) is 28.3 Å². The van der Waals surface area contributed by atoms with Crippen molar-refractivity contribution < 1.29 is 28.6 Å². The van der Waals surface area contributed by atoms with Crippen molar-refractivity contribution in [2.45, 2.75) is 13.3 Å². The summed E-state index contributed by atoms with van der Waals surface area (Å²) >= 11 is 0. The Balaban J connectivity index is 1.93. The van der Waals surface area contributed by atoms with E-state index in [1.54, 1.807) is 42.5 Å². The van der Waals surface area contributed by atoms with Crippen LogP contribution >= 0.6 is 0 Å². The summed E-state index contributed by atoms with van der Waals surface area (Å²) in [6.07, 6.45) is 1.58. The molecule has 1 heterocycles. The number of hydrogen-bond acceptors (Lipinski definition) is 6. The summed E-state index contributed by atoms with van der Waals surface area (Å²) in [6.45, 7) is 1.40. The number of hydrogen-bond donors (Lipinski definition) is 1. The number of amides is 3. The van der Waals surface area contributed by atoms with E-state index in [4.69, 9.17) is 14.2 Å². The third-order valence-corrected chi connectivity index (χ3v) is 4.58. The van der Waals surface area contributed by atoms with Gasteiger partial charge in [0.15, 0.2) is 11.5 Å². The molecule has 8 nitrogen and oxygen atoms in total. The molecule has 0 aromatic heterocycles. The van der Waals surface area contributed by atoms with Crippen LogP contribution in [0.15, 0.2) is 42.0 Å². The van der Waals surface area contributed by atoms with Crippen LogP contribution in [0.5, 0.6) is 17.2 Å². The fourth-order valence-electron chi connectivity index (χ4n) is 3.27. The van der Waals surface area contributed by atoms with E-state index in [1.807, 2.05) is 0 Å². The highest BCUT2D eigenvalue weighted by Gasteiger charge is 2.35. The Morgan fingerprint density at radius 2 is 1.63 bits per heavy atom. The van der Waals surface area contributed by atoms with Gasteiger partial charge >= 0.3 is 0 Å². The molecular formula is C22H22N2O6. The van der Waals surface area contributed by atoms with E-state index >= 15 is 0 Å². The van der Waals surface area contributed by atoms with Gasteiger partial charge in [-0.25, -0.2) is 4.90 Å². The monoisotopic (exact) mass is 410 g/mol. The summed E-state index contributed by atoms with van der Waals surface area (Å²) in [5.41, 5.74) is 1.93. The smallest absolute Gasteiger partial charge is 0.261 e. The molecular weight excluding hydrogens is 388 g/mol. The first-order chi connectivity index (χ1) is 14.4. The molecule has 0 unspecified atom stereocenters. The molecule has 2 aromatic carbocycles. The largest absolute Gasteiger partial charge is 0.493 e. The first-order valence-electron chi connectivity index (χ1n) is 9.14. The van der Waals surface area contributed by atoms with Gasteiger partial charge in [-0.2, -0.15) is 0 Å². The van der Waals surface area contributed by atoms with Gasteiger partial charge in [-0.1, -0.05) is 0 Å². The fraction of sp³-hybridized carbons (Fsp3) is 0.227. The summed E-state index contributed by atoms with van der Waals surface area (Å²) < 4.78 is 16.1. The van der Waals surface area contributed by atoms with Gasteiger partial charge in [-0.15, -0.1) is 0 Å². The van der Waals surface area contributed by atoms with E-state index < -0.39 is 5.91 Å². The Hall–Kier alpha value is -3.81. The van der Waals surface area contributed by atoms with Gasteiger partial charge < -0.3 is 19.5 Å². The van der Waals surface area contributed by atoms with Crippen LogP contribution < -0.4 is 24.4 Å². The molecule has 156 valence electrons. The molecule has 3 rings (SSSR count). The Kier molecular flexibility index (Phi) is 6.06. The van der Waals surface area contributed by atoms with E-state index in [0.717, 1.165) is 4.90 Å². The molecule has 3 amide bonds. The summed E-state index contributed by atoms with van der Waals surface area (Å²) in [6, 6.07) is 9.93. The van der Waals surface area contributed by atoms with Crippen LogP contribution in [0, 0.1) is 0 Å². The molecule has 0 atom stereocenters. The Labute approximate surface area is 174 Å². The topological polar surface area (TPSA) is 94.2 Å². The van der Waals surface area contributed by atoms with Gasteiger partial charge in [0, 0.05) is 23.7 Å². The predicted octanol–water partition coefficient (Wildman–Crippen LogP) is 3.02. The SMILES string of the molecule is COc1ccc(/C=C2\CC(=O)N(c3ccc(NC(C)=O)cc3)C2=O)c(OC)c1OC. The third kappa shape index (κ3) is 3.98. The maximum Gasteiger partial charge on any atom is 0.261 e. The van der Waals surface area contributed by atoms with Crippen molar-refractivity contribution in [3.8, 4) is 17.2 Å². The zero-order valence-electron chi connectivity index (χ0n) is 17.1. The van der Waals surface area contributed by atoms with Gasteiger partial charge in [0.1, 0.15) is 0 Å². The molecule has 0 bridgehead atoms. The Morgan fingerprint density at radius 3 is 2.20 bits per heavy atom. The number of ether oxygens (including phenoxy) is 3. The minimum atomic E-state index is -0.413. The normalized spacial score (nSPS) is 14.8. The second kappa shape index (κ2) is 8.69. The molecule has 0 saturated carbocycles. The van der Waals surface area contributed by atoms with Crippen molar-refractivity contribution in [2.24, 2.45) is 0 Å². The minimum absolute atomic E-state index is 0.0379. The van der Waals surface area contributed by atoms with Gasteiger partial charge in [0.05, 0.1) is 33.4 Å². The quantitative estimate of drug-likeness (QED) is 0.581. The van der Waals surface area contributed by atoms with Gasteiger partial charge in [0.2, 0.25) is 17.6 Å². The number of imide groups is 1. The fourth-order valence-corrected chi connectivity index (χ4v) is 3.27. The van der Waals surface area contributed by atoms with Crippen molar-refractivity contribution >= 4 is 35.2 Å². The molecule has 1 aliphatic rings. The van der Waals surface area contributed by atoms with Crippen LogP contribution in [0.4, 0.5) is 11.4 Å². The molecule has 0 radical (unpaired) electrons. The minimum Gasteiger partial charge on any atom is -0.493 e. The molecule has 0 spiro atoms. The zero-order chi connectivity index (χ0) is 21.8. The average Bonchev–Trinajstić information content (AvgIpc) is 3.00. The average molecular weight is 410 g/mol. The first kappa shape index (κ1) is 20.9. The van der Waals surface area contributed by atoms with Crippen LogP contribution in [-0.4, -0.2) is 39.1 Å². The third-order valence-electron chi connectivity index (χ3n) is 4.58. The highest BCUT2D eigenvalue weighted by atomic mass is 16.5. The molecule has 1 saturated heterocycles. The number of anilines is 2. The van der Waals surface area contributed by atoms with Gasteiger partial charge in [-0.05, 0) is 42.5 Å². The molecule has 1 aliphatic heterocycles. The highest BCUT2D eigenvalue weighted by molar-refractivity contribution is 6.29. The number of nitrogens with one attached hydrogen (secondary N) is 1. The number of methoxy groups -OCH3 is 3. The molecule has 1 N–H and O–H groups in total. The number of nitrogens with zero attached hydrogens (tertiary/aromatic N) is 1. The van der Waals surface area contributed by atoms with Crippen molar-refractivity contribution in [3.63, 3.8) is 0 Å². The number of rotatable bonds is 6. The maximum absolute atomic E-state index is 12.9. The standard InChI is InChI=1S/C22H22N2O6/c1-13(25)23-16-6-8-17(9-7-16)24-19(26)12-15(22(24)27)11-14-5-10-18(28-2)21(30-4)20(14)29-3/h5-11H,12H2,1-4H3,(H,23,25)/b15-11+. The Morgan fingerprint density at radius 1 is 0.967 bits per heavy atom. The lowest BCUT2D eigenvalue weighted by atomic mass is 10.1. The molecule has 0 aliphatic carbocycles. The summed E-state index contributed by atoms with van der Waals surface area (Å²) in [7, 11) is 4.50. The summed E-state index contributed by atoms with van der Waals surface area (Å²) in [5, 5.41) is 2.64. The Bertz CT molecular complexity index is 1030. The first-order valence-corrected chi connectivity index (χ1v) is 9.14. The summed E-state index contributed by atoms with van der Waals surface area (Å²) in [5.74, 6) is 0.345. The lowest BCUT2D eigenvalue weighted by Gasteiger charge is -2.15. The van der Waals surface area contributed by atoms with Crippen LogP contribution in [0.3, 0.4) is 0 Å². The molecule has 1 fully saturated rings. The lowest BCUT2D eigenvalue weighted by Crippen LogP contribution is -2.28. The van der Waals surface area contributed by atoms with Gasteiger partial charge in [0.25, 0.3) is 5.91 Å². The van der Waals surface area contributed by atoms with Crippen LogP contribution in [0.1, 0.15) is 18.9 Å². The predicted molar refractivity (Wildman–Crippen MR) is 112 cm³/mol. The number of carbonyl (C=O) groups is 3. The number of carbonyl (C=O) groups excluding carboxylic acids is 3. The van der Waals surface area contributed by atoms with Crippen LogP contribution in [0.2, 0.25) is 0 Å². The van der Waals surface area contributed by atoms with Crippen LogP contribution in [-0.2, 0) is 14.4 Å². The highest BCUT2D eigenvalue weighted by Crippen LogP contribution is 2.41. The maximum atomic E-state index is 12.9. The zero-order valence-corrected chi connectivity index (χ0v) is 17.1. The molecule has 30 heavy (non-hydrogen) atoms. The van der Waals surface area contributed by atoms with E-state index in [-0.39, 0.29) is 18.2 Å². The second-order valence-corrected chi connectivity index (χ2v) is 6.53. The van der Waals surface area contributed by atoms with Gasteiger partial charge in [-0.3, -0.25) is 14.4 Å². The summed E-state index contributed by atoms with van der Waals surface area (Å²) in [4.78, 5) is 37.7. The molecule has 2 aromatic rings. The van der Waals surface area contributed by atoms with E-state index in [9.17, 15) is 14.4 Å². The second-order valence-electron chi connectivity index (χ2n) is 6.53. The van der Waals surface area contributed by atoms with Crippen molar-refractivity contribution in [1.82, 2.24) is 0 Å². The number of benzene rings is 2. The molecule has 8 heteroatoms. The van der Waals surface area contributed by atoms with Crippen LogP contribution in [0.25, 0.3) is 6.08 Å².